The summed E-state index contributed by atoms with van der Waals surface area (Å²) < 4.78 is 5.51. The van der Waals surface area contributed by atoms with Gasteiger partial charge in [-0.25, -0.2) is 9.59 Å². The van der Waals surface area contributed by atoms with Crippen molar-refractivity contribution in [3.63, 3.8) is 0 Å². The third-order valence-corrected chi connectivity index (χ3v) is 5.88. The van der Waals surface area contributed by atoms with Crippen LogP contribution < -0.4 is 4.90 Å². The minimum absolute atomic E-state index is 0. The molecule has 0 heterocycles. The lowest BCUT2D eigenvalue weighted by Gasteiger charge is -2.23. The van der Waals surface area contributed by atoms with Crippen molar-refractivity contribution in [3.8, 4) is 0 Å². The molecule has 12 heteroatoms. The number of carboxylic acid groups (broad SMARTS) is 2. The van der Waals surface area contributed by atoms with Gasteiger partial charge < -0.3 is 19.8 Å². The van der Waals surface area contributed by atoms with Crippen LogP contribution in [0.4, 0.5) is 5.69 Å². The van der Waals surface area contributed by atoms with Gasteiger partial charge in [0.25, 0.3) is 5.91 Å². The van der Waals surface area contributed by atoms with Crippen LogP contribution in [0, 0.1) is 10.7 Å². The number of methoxy groups -OCH3 is 1. The van der Waals surface area contributed by atoms with E-state index in [0.717, 1.165) is 0 Å². The zero-order chi connectivity index (χ0) is 17.2. The molecule has 1 rings (SSSR count). The van der Waals surface area contributed by atoms with E-state index < -0.39 is 17.8 Å². The van der Waals surface area contributed by atoms with Gasteiger partial charge in [-0.3, -0.25) is 4.79 Å². The molecule has 1 aromatic rings. The molecule has 24 heavy (non-hydrogen) atoms. The standard InChI is InChI=1S/C12H10I3NO6.2ClH/c1-16(4(17)3-22-2)10-8(14)5(11(18)19)7(13)6(9(10)15)12(20)21;;/h3H2,1-2H3,(H,18,19)(H,20,21);2*1H. The SMILES string of the molecule is COCC(=O)N(C)c1c(I)c(C(=O)O)c(I)c(C(=O)O)c1I.Cl.Cl. The zero-order valence-corrected chi connectivity index (χ0v) is 20.2. The normalized spacial score (nSPS) is 9.54. The van der Waals surface area contributed by atoms with Gasteiger partial charge in [-0.1, -0.05) is 0 Å². The number of amides is 1. The maximum absolute atomic E-state index is 12.0. The number of anilines is 1. The topological polar surface area (TPSA) is 104 Å². The largest absolute Gasteiger partial charge is 0.478 e. The van der Waals surface area contributed by atoms with Gasteiger partial charge in [-0.2, -0.15) is 0 Å². The van der Waals surface area contributed by atoms with Gasteiger partial charge in [-0.15, -0.1) is 24.8 Å². The number of carbonyl (C=O) groups is 3. The van der Waals surface area contributed by atoms with Gasteiger partial charge >= 0.3 is 11.9 Å². The molecule has 136 valence electrons. The summed E-state index contributed by atoms with van der Waals surface area (Å²) in [6.45, 7) is -0.195. The summed E-state index contributed by atoms with van der Waals surface area (Å²) in [5.41, 5.74) is -0.0179. The molecule has 0 aromatic heterocycles. The number of halogens is 5. The van der Waals surface area contributed by atoms with Crippen molar-refractivity contribution >= 4 is 116 Å². The highest BCUT2D eigenvalue weighted by Gasteiger charge is 2.30. The van der Waals surface area contributed by atoms with E-state index in [-0.39, 0.29) is 51.8 Å². The highest BCUT2D eigenvalue weighted by atomic mass is 127. The first-order valence-electron chi connectivity index (χ1n) is 5.57. The number of carbonyl (C=O) groups excluding carboxylic acids is 1. The van der Waals surface area contributed by atoms with Crippen molar-refractivity contribution in [3.05, 3.63) is 21.8 Å². The average Bonchev–Trinajstić information content (AvgIpc) is 2.37. The Morgan fingerprint density at radius 3 is 1.62 bits per heavy atom. The number of hydrogen-bond donors (Lipinski definition) is 2. The number of ether oxygens (including phenoxy) is 1. The fourth-order valence-electron chi connectivity index (χ4n) is 1.67. The summed E-state index contributed by atoms with van der Waals surface area (Å²) in [5.74, 6) is -2.91. The van der Waals surface area contributed by atoms with E-state index in [0.29, 0.717) is 7.14 Å². The average molecular weight is 718 g/mol. The molecule has 0 spiro atoms. The second-order valence-corrected chi connectivity index (χ2v) is 7.27. The Morgan fingerprint density at radius 1 is 0.958 bits per heavy atom. The summed E-state index contributed by atoms with van der Waals surface area (Å²) in [6, 6.07) is 0. The van der Waals surface area contributed by atoms with E-state index in [4.69, 9.17) is 4.74 Å². The van der Waals surface area contributed by atoms with E-state index in [2.05, 4.69) is 0 Å². The van der Waals surface area contributed by atoms with Crippen molar-refractivity contribution in [1.29, 1.82) is 0 Å². The highest BCUT2D eigenvalue weighted by molar-refractivity contribution is 14.1. The Bertz CT molecular complexity index is 630. The Balaban J connectivity index is 0. The summed E-state index contributed by atoms with van der Waals surface area (Å²) in [5, 5.41) is 18.7. The summed E-state index contributed by atoms with van der Waals surface area (Å²) in [6.07, 6.45) is 0. The van der Waals surface area contributed by atoms with E-state index in [1.807, 2.05) is 0 Å². The fourth-order valence-corrected chi connectivity index (χ4v) is 6.48. The smallest absolute Gasteiger partial charge is 0.337 e. The van der Waals surface area contributed by atoms with Crippen LogP contribution in [0.15, 0.2) is 0 Å². The maximum Gasteiger partial charge on any atom is 0.337 e. The Hall–Kier alpha value is 0.360. The fraction of sp³-hybridized carbons (Fsp3) is 0.250. The first kappa shape index (κ1) is 26.6. The lowest BCUT2D eigenvalue weighted by Crippen LogP contribution is -2.32. The third-order valence-electron chi connectivity index (χ3n) is 2.70. The van der Waals surface area contributed by atoms with Crippen molar-refractivity contribution < 1.29 is 29.3 Å². The molecule has 0 fully saturated rings. The number of likely N-dealkylation sites (N-methyl/N-ethyl adjacent to an activating group) is 1. The zero-order valence-electron chi connectivity index (χ0n) is 12.1. The summed E-state index contributed by atoms with van der Waals surface area (Å²) in [4.78, 5) is 36.1. The number of benzene rings is 1. The van der Waals surface area contributed by atoms with Crippen LogP contribution in [-0.4, -0.2) is 48.8 Å². The van der Waals surface area contributed by atoms with E-state index in [1.165, 1.54) is 19.1 Å². The Morgan fingerprint density at radius 2 is 1.33 bits per heavy atom. The van der Waals surface area contributed by atoms with Crippen LogP contribution in [0.3, 0.4) is 0 Å². The minimum Gasteiger partial charge on any atom is -0.478 e. The second-order valence-electron chi connectivity index (χ2n) is 4.04. The van der Waals surface area contributed by atoms with Crippen LogP contribution >= 0.6 is 92.6 Å². The van der Waals surface area contributed by atoms with Gasteiger partial charge in [0.05, 0.1) is 24.0 Å². The Kier molecular flexibility index (Phi) is 12.4. The summed E-state index contributed by atoms with van der Waals surface area (Å²) >= 11 is 5.31. The molecule has 0 aliphatic carbocycles. The first-order chi connectivity index (χ1) is 10.1. The third kappa shape index (κ3) is 5.43. The molecular weight excluding hydrogens is 706 g/mol. The molecule has 0 saturated heterocycles. The highest BCUT2D eigenvalue weighted by Crippen LogP contribution is 2.37. The van der Waals surface area contributed by atoms with Crippen molar-refractivity contribution in [2.24, 2.45) is 0 Å². The number of rotatable bonds is 5. The number of aromatic carboxylic acids is 2. The van der Waals surface area contributed by atoms with Crippen molar-refractivity contribution in [2.75, 3.05) is 25.7 Å². The molecule has 0 aliphatic rings. The molecule has 0 unspecified atom stereocenters. The molecule has 0 aliphatic heterocycles. The molecule has 0 bridgehead atoms. The number of nitrogens with zero attached hydrogens (tertiary/aromatic N) is 1. The number of carboxylic acids is 2. The molecule has 1 amide bonds. The van der Waals surface area contributed by atoms with Gasteiger partial charge in [0, 0.05) is 17.7 Å². The van der Waals surface area contributed by atoms with E-state index >= 15 is 0 Å². The molecule has 1 aromatic carbocycles. The van der Waals surface area contributed by atoms with Gasteiger partial charge in [0.2, 0.25) is 0 Å². The Labute approximate surface area is 191 Å². The van der Waals surface area contributed by atoms with E-state index in [9.17, 15) is 24.6 Å². The van der Waals surface area contributed by atoms with E-state index in [1.54, 1.807) is 67.8 Å². The lowest BCUT2D eigenvalue weighted by atomic mass is 10.1. The predicted octanol–water partition coefficient (Wildman–Crippen LogP) is 3.35. The predicted molar refractivity (Wildman–Crippen MR) is 118 cm³/mol. The van der Waals surface area contributed by atoms with Crippen molar-refractivity contribution in [2.45, 2.75) is 0 Å². The molecule has 0 atom stereocenters. The van der Waals surface area contributed by atoms with Crippen LogP contribution in [0.2, 0.25) is 0 Å². The molecule has 0 radical (unpaired) electrons. The summed E-state index contributed by atoms with van der Waals surface area (Å²) in [7, 11) is 2.81. The van der Waals surface area contributed by atoms with Gasteiger partial charge in [-0.05, 0) is 67.8 Å². The van der Waals surface area contributed by atoms with Gasteiger partial charge in [0.1, 0.15) is 6.61 Å². The van der Waals surface area contributed by atoms with Gasteiger partial charge in [0.15, 0.2) is 0 Å². The maximum atomic E-state index is 12.0. The van der Waals surface area contributed by atoms with Crippen LogP contribution in [0.5, 0.6) is 0 Å². The lowest BCUT2D eigenvalue weighted by molar-refractivity contribution is -0.121. The molecular formula is C12H12Cl2I3NO6. The monoisotopic (exact) mass is 717 g/mol. The molecule has 0 saturated carbocycles. The van der Waals surface area contributed by atoms with Crippen LogP contribution in [0.25, 0.3) is 0 Å². The quantitative estimate of drug-likeness (QED) is 0.454. The first-order valence-corrected chi connectivity index (χ1v) is 8.81. The van der Waals surface area contributed by atoms with Crippen LogP contribution in [-0.2, 0) is 9.53 Å². The minimum atomic E-state index is -1.25. The molecule has 2 N–H and O–H groups in total. The molecule has 7 nitrogen and oxygen atoms in total. The van der Waals surface area contributed by atoms with Crippen LogP contribution in [0.1, 0.15) is 20.7 Å². The second kappa shape index (κ2) is 11.2. The van der Waals surface area contributed by atoms with Crippen molar-refractivity contribution in [1.82, 2.24) is 0 Å². The number of hydrogen-bond acceptors (Lipinski definition) is 4.